The molecule has 9 heteroatoms. The van der Waals surface area contributed by atoms with Crippen LogP contribution < -0.4 is 0 Å². The topological polar surface area (TPSA) is 80.3 Å². The van der Waals surface area contributed by atoms with Gasteiger partial charge in [0.05, 0.1) is 26.4 Å². The van der Waals surface area contributed by atoms with Crippen LogP contribution in [0.15, 0.2) is 0 Å². The molecule has 0 amide bonds. The van der Waals surface area contributed by atoms with Crippen molar-refractivity contribution in [2.75, 3.05) is 53.0 Å². The van der Waals surface area contributed by atoms with Gasteiger partial charge in [0.1, 0.15) is 0 Å². The average Bonchev–Trinajstić information content (AvgIpc) is 2.64. The summed E-state index contributed by atoms with van der Waals surface area (Å²) in [6, 6.07) is 0. The fourth-order valence-electron chi connectivity index (χ4n) is 2.97. The lowest BCUT2D eigenvalue weighted by Crippen LogP contribution is -2.12. The second kappa shape index (κ2) is 16.9. The van der Waals surface area contributed by atoms with Gasteiger partial charge in [0.15, 0.2) is 0 Å². The van der Waals surface area contributed by atoms with Gasteiger partial charge in [-0.05, 0) is 24.7 Å². The lowest BCUT2D eigenvalue weighted by Gasteiger charge is -2.20. The fourth-order valence-corrected chi connectivity index (χ4v) is 6.31. The molecule has 0 bridgehead atoms. The normalized spacial score (nSPS) is 18.1. The van der Waals surface area contributed by atoms with Crippen molar-refractivity contribution >= 4 is 15.2 Å². The summed E-state index contributed by atoms with van der Waals surface area (Å²) in [6.07, 6.45) is 6.66. The van der Waals surface area contributed by atoms with Crippen LogP contribution in [0.5, 0.6) is 0 Å². The van der Waals surface area contributed by atoms with E-state index in [2.05, 4.69) is 27.7 Å². The van der Waals surface area contributed by atoms with Gasteiger partial charge in [-0.2, -0.15) is 0 Å². The standard InChI is InChI=1S/C20H44O7P2/c1-7-11-19(9-3)17-23-13-15-25-28(5,21)27-29(6,22)26-16-14-24-18-20(10-4)12-8-2/h19-20H,7-18H2,1-6H3. The molecule has 0 saturated heterocycles. The third kappa shape index (κ3) is 16.6. The van der Waals surface area contributed by atoms with E-state index in [1.165, 1.54) is 13.3 Å². The Morgan fingerprint density at radius 1 is 0.655 bits per heavy atom. The molecule has 0 saturated carbocycles. The number of hydrogen-bond donors (Lipinski definition) is 0. The molecule has 0 aliphatic heterocycles. The molecule has 0 aromatic rings. The highest BCUT2D eigenvalue weighted by atomic mass is 31.3. The second-order valence-corrected chi connectivity index (χ2v) is 11.8. The molecule has 29 heavy (non-hydrogen) atoms. The summed E-state index contributed by atoms with van der Waals surface area (Å²) in [5.41, 5.74) is 0. The van der Waals surface area contributed by atoms with Crippen LogP contribution in [0.25, 0.3) is 0 Å². The van der Waals surface area contributed by atoms with Crippen molar-refractivity contribution in [2.24, 2.45) is 11.8 Å². The second-order valence-electron chi connectivity index (χ2n) is 7.57. The largest absolute Gasteiger partial charge is 0.379 e. The third-order valence-electron chi connectivity index (χ3n) is 4.66. The van der Waals surface area contributed by atoms with E-state index >= 15 is 0 Å². The van der Waals surface area contributed by atoms with Crippen LogP contribution in [0.3, 0.4) is 0 Å². The van der Waals surface area contributed by atoms with E-state index in [1.54, 1.807) is 0 Å². The van der Waals surface area contributed by atoms with E-state index < -0.39 is 15.2 Å². The highest BCUT2D eigenvalue weighted by Gasteiger charge is 2.29. The van der Waals surface area contributed by atoms with Crippen LogP contribution in [0.4, 0.5) is 0 Å². The molecule has 7 nitrogen and oxygen atoms in total. The molecule has 4 unspecified atom stereocenters. The van der Waals surface area contributed by atoms with Crippen LogP contribution in [-0.4, -0.2) is 53.0 Å². The molecule has 0 radical (unpaired) electrons. The van der Waals surface area contributed by atoms with Crippen molar-refractivity contribution in [3.63, 3.8) is 0 Å². The summed E-state index contributed by atoms with van der Waals surface area (Å²) in [4.78, 5) is 0. The lowest BCUT2D eigenvalue weighted by molar-refractivity contribution is 0.0637. The molecule has 0 aromatic heterocycles. The van der Waals surface area contributed by atoms with E-state index in [9.17, 15) is 9.13 Å². The van der Waals surface area contributed by atoms with Crippen molar-refractivity contribution < 1.29 is 32.0 Å². The molecule has 0 aromatic carbocycles. The van der Waals surface area contributed by atoms with Gasteiger partial charge in [0.25, 0.3) is 0 Å². The van der Waals surface area contributed by atoms with Gasteiger partial charge in [-0.3, -0.25) is 9.13 Å². The summed E-state index contributed by atoms with van der Waals surface area (Å²) in [5, 5.41) is 0. The summed E-state index contributed by atoms with van der Waals surface area (Å²) >= 11 is 0. The maximum absolute atomic E-state index is 12.4. The monoisotopic (exact) mass is 458 g/mol. The molecule has 176 valence electrons. The van der Waals surface area contributed by atoms with Crippen LogP contribution in [-0.2, 0) is 32.0 Å². The van der Waals surface area contributed by atoms with Crippen LogP contribution in [0.2, 0.25) is 0 Å². The Balaban J connectivity index is 4.03. The maximum Gasteiger partial charge on any atom is 0.334 e. The van der Waals surface area contributed by atoms with E-state index in [1.807, 2.05) is 0 Å². The van der Waals surface area contributed by atoms with Gasteiger partial charge in [0, 0.05) is 26.5 Å². The van der Waals surface area contributed by atoms with Crippen molar-refractivity contribution in [1.29, 1.82) is 0 Å². The van der Waals surface area contributed by atoms with Crippen LogP contribution >= 0.6 is 15.2 Å². The maximum atomic E-state index is 12.4. The zero-order valence-electron chi connectivity index (χ0n) is 19.4. The highest BCUT2D eigenvalue weighted by molar-refractivity contribution is 7.66. The Morgan fingerprint density at radius 3 is 1.34 bits per heavy atom. The predicted octanol–water partition coefficient (Wildman–Crippen LogP) is 6.37. The minimum Gasteiger partial charge on any atom is -0.379 e. The number of hydrogen-bond acceptors (Lipinski definition) is 7. The van der Waals surface area contributed by atoms with E-state index in [0.29, 0.717) is 38.3 Å². The number of ether oxygens (including phenoxy) is 2. The van der Waals surface area contributed by atoms with Gasteiger partial charge in [-0.15, -0.1) is 0 Å². The summed E-state index contributed by atoms with van der Waals surface area (Å²) in [6.45, 7) is 13.4. The SMILES string of the molecule is CCCC(CC)COCCOP(C)(=O)OP(C)(=O)OCCOCC(CC)CCC. The summed E-state index contributed by atoms with van der Waals surface area (Å²) < 4.78 is 51.6. The van der Waals surface area contributed by atoms with Gasteiger partial charge in [0.2, 0.25) is 0 Å². The quantitative estimate of drug-likeness (QED) is 0.155. The first-order valence-electron chi connectivity index (χ1n) is 11.0. The van der Waals surface area contributed by atoms with Crippen LogP contribution in [0.1, 0.15) is 66.2 Å². The molecule has 0 N–H and O–H groups in total. The van der Waals surface area contributed by atoms with Gasteiger partial charge in [-0.25, -0.2) is 4.31 Å². The first-order chi connectivity index (χ1) is 13.7. The minimum atomic E-state index is -3.49. The van der Waals surface area contributed by atoms with Crippen molar-refractivity contribution in [2.45, 2.75) is 66.2 Å². The first kappa shape index (κ1) is 29.3. The number of rotatable bonds is 20. The van der Waals surface area contributed by atoms with Crippen molar-refractivity contribution in [3.8, 4) is 0 Å². The Morgan fingerprint density at radius 2 is 1.03 bits per heavy atom. The van der Waals surface area contributed by atoms with Gasteiger partial charge < -0.3 is 18.5 Å². The van der Waals surface area contributed by atoms with E-state index in [-0.39, 0.29) is 13.2 Å². The highest BCUT2D eigenvalue weighted by Crippen LogP contribution is 2.60. The molecule has 0 heterocycles. The molecule has 0 aliphatic carbocycles. The molecule has 0 spiro atoms. The van der Waals surface area contributed by atoms with Crippen molar-refractivity contribution in [1.82, 2.24) is 0 Å². The molecule has 0 fully saturated rings. The third-order valence-corrected chi connectivity index (χ3v) is 8.34. The van der Waals surface area contributed by atoms with Crippen molar-refractivity contribution in [3.05, 3.63) is 0 Å². The smallest absolute Gasteiger partial charge is 0.334 e. The molecular formula is C20H44O7P2. The zero-order chi connectivity index (χ0) is 22.2. The molecule has 0 rings (SSSR count). The molecule has 4 atom stereocenters. The Kier molecular flexibility index (Phi) is 17.0. The summed E-state index contributed by atoms with van der Waals surface area (Å²) in [5.74, 6) is 1.07. The fraction of sp³-hybridized carbons (Fsp3) is 1.00. The Bertz CT molecular complexity index is 445. The van der Waals surface area contributed by atoms with Crippen LogP contribution in [0, 0.1) is 11.8 Å². The lowest BCUT2D eigenvalue weighted by atomic mass is 10.0. The zero-order valence-corrected chi connectivity index (χ0v) is 21.2. The van der Waals surface area contributed by atoms with Gasteiger partial charge in [-0.1, -0.05) is 53.4 Å². The van der Waals surface area contributed by atoms with Gasteiger partial charge >= 0.3 is 15.2 Å². The molecule has 0 aliphatic rings. The predicted molar refractivity (Wildman–Crippen MR) is 119 cm³/mol. The summed E-state index contributed by atoms with van der Waals surface area (Å²) in [7, 11) is -6.98. The minimum absolute atomic E-state index is 0.120. The van der Waals surface area contributed by atoms with E-state index in [4.69, 9.17) is 22.8 Å². The van der Waals surface area contributed by atoms with E-state index in [0.717, 1.165) is 38.5 Å². The Hall–Kier alpha value is 0.260. The average molecular weight is 459 g/mol. The molecular weight excluding hydrogens is 414 g/mol. The Labute approximate surface area is 178 Å². The first-order valence-corrected chi connectivity index (χ1v) is 15.0.